The van der Waals surface area contributed by atoms with Crippen molar-refractivity contribution in [2.45, 2.75) is 44.6 Å². The lowest BCUT2D eigenvalue weighted by Gasteiger charge is -2.39. The molecule has 1 aromatic rings. The summed E-state index contributed by atoms with van der Waals surface area (Å²) in [7, 11) is 0. The van der Waals surface area contributed by atoms with Crippen LogP contribution in [-0.4, -0.2) is 71.3 Å². The molecule has 29 heavy (non-hydrogen) atoms. The summed E-state index contributed by atoms with van der Waals surface area (Å²) < 4.78 is 0. The molecule has 1 aromatic carbocycles. The fraction of sp³-hybridized carbons (Fsp3) is 0.591. The summed E-state index contributed by atoms with van der Waals surface area (Å²) in [6.45, 7) is 3.56. The van der Waals surface area contributed by atoms with E-state index in [-0.39, 0.29) is 23.8 Å². The number of hydrogen-bond acceptors (Lipinski definition) is 3. The van der Waals surface area contributed by atoms with Crippen LogP contribution in [0.25, 0.3) is 0 Å². The van der Waals surface area contributed by atoms with Gasteiger partial charge in [-0.2, -0.15) is 0 Å². The quantitative estimate of drug-likeness (QED) is 0.850. The maximum Gasteiger partial charge on any atom is 0.321 e. The molecule has 156 valence electrons. The van der Waals surface area contributed by atoms with Crippen LogP contribution in [0.4, 0.5) is 10.5 Å². The Morgan fingerprint density at radius 2 is 1.52 bits per heavy atom. The fourth-order valence-corrected chi connectivity index (χ4v) is 4.76. The standard InChI is InChI=1S/C22H30N4O3/c27-20-7-4-12-26(20)19-10-15-24(16-11-19)21(28)17-8-13-25(14-9-17)22(29)23-18-5-2-1-3-6-18/h1-3,5-6,17,19H,4,7-16H2,(H,23,29). The molecule has 0 aliphatic carbocycles. The van der Waals surface area contributed by atoms with E-state index in [9.17, 15) is 14.4 Å². The van der Waals surface area contributed by atoms with Crippen LogP contribution in [0.5, 0.6) is 0 Å². The van der Waals surface area contributed by atoms with E-state index in [2.05, 4.69) is 5.32 Å². The Morgan fingerprint density at radius 1 is 0.862 bits per heavy atom. The number of benzene rings is 1. The summed E-state index contributed by atoms with van der Waals surface area (Å²) in [5.41, 5.74) is 0.787. The minimum absolute atomic E-state index is 0.000689. The second kappa shape index (κ2) is 8.84. The highest BCUT2D eigenvalue weighted by Gasteiger charge is 2.35. The summed E-state index contributed by atoms with van der Waals surface area (Å²) in [6, 6.07) is 9.64. The topological polar surface area (TPSA) is 73.0 Å². The number of carbonyl (C=O) groups is 3. The zero-order chi connectivity index (χ0) is 20.2. The van der Waals surface area contributed by atoms with Gasteiger partial charge >= 0.3 is 6.03 Å². The van der Waals surface area contributed by atoms with Crippen LogP contribution in [0.15, 0.2) is 30.3 Å². The van der Waals surface area contributed by atoms with Crippen LogP contribution in [0, 0.1) is 5.92 Å². The van der Waals surface area contributed by atoms with E-state index in [0.29, 0.717) is 38.4 Å². The Morgan fingerprint density at radius 3 is 2.14 bits per heavy atom. The molecule has 0 radical (unpaired) electrons. The van der Waals surface area contributed by atoms with Crippen molar-refractivity contribution in [3.8, 4) is 0 Å². The van der Waals surface area contributed by atoms with E-state index in [1.807, 2.05) is 40.1 Å². The number of nitrogens with zero attached hydrogens (tertiary/aromatic N) is 3. The van der Waals surface area contributed by atoms with Crippen molar-refractivity contribution in [2.75, 3.05) is 38.0 Å². The van der Waals surface area contributed by atoms with E-state index in [0.717, 1.165) is 44.6 Å². The van der Waals surface area contributed by atoms with Crippen LogP contribution in [0.1, 0.15) is 38.5 Å². The first-order valence-electron chi connectivity index (χ1n) is 10.8. The van der Waals surface area contributed by atoms with Gasteiger partial charge in [0.2, 0.25) is 11.8 Å². The fourth-order valence-electron chi connectivity index (χ4n) is 4.76. The van der Waals surface area contributed by atoms with Crippen molar-refractivity contribution in [1.29, 1.82) is 0 Å². The van der Waals surface area contributed by atoms with Gasteiger partial charge in [0.15, 0.2) is 0 Å². The molecule has 3 aliphatic rings. The van der Waals surface area contributed by atoms with Gasteiger partial charge < -0.3 is 20.0 Å². The Hall–Kier alpha value is -2.57. The Bertz CT molecular complexity index is 738. The minimum atomic E-state index is -0.0989. The molecule has 0 saturated carbocycles. The van der Waals surface area contributed by atoms with Gasteiger partial charge in [-0.1, -0.05) is 18.2 Å². The number of para-hydroxylation sites is 1. The monoisotopic (exact) mass is 398 g/mol. The molecule has 1 N–H and O–H groups in total. The molecular formula is C22H30N4O3. The van der Waals surface area contributed by atoms with Crippen molar-refractivity contribution in [3.63, 3.8) is 0 Å². The van der Waals surface area contributed by atoms with Gasteiger partial charge in [0, 0.05) is 56.8 Å². The molecule has 3 saturated heterocycles. The first-order chi connectivity index (χ1) is 14.1. The molecule has 4 rings (SSSR count). The SMILES string of the molecule is O=C(Nc1ccccc1)N1CCC(C(=O)N2CCC(N3CCCC3=O)CC2)CC1. The van der Waals surface area contributed by atoms with Crippen molar-refractivity contribution in [3.05, 3.63) is 30.3 Å². The highest BCUT2D eigenvalue weighted by atomic mass is 16.2. The molecule has 0 aromatic heterocycles. The summed E-state index contributed by atoms with van der Waals surface area (Å²) in [6.07, 6.45) is 4.84. The number of hydrogen-bond donors (Lipinski definition) is 1. The van der Waals surface area contributed by atoms with E-state index >= 15 is 0 Å². The molecule has 4 amide bonds. The molecule has 3 fully saturated rings. The van der Waals surface area contributed by atoms with E-state index in [1.165, 1.54) is 0 Å². The summed E-state index contributed by atoms with van der Waals surface area (Å²) in [5, 5.41) is 2.91. The molecule has 3 aliphatic heterocycles. The minimum Gasteiger partial charge on any atom is -0.342 e. The van der Waals surface area contributed by atoms with Crippen LogP contribution < -0.4 is 5.32 Å². The Balaban J connectivity index is 1.22. The highest BCUT2D eigenvalue weighted by molar-refractivity contribution is 5.89. The lowest BCUT2D eigenvalue weighted by atomic mass is 9.93. The lowest BCUT2D eigenvalue weighted by molar-refractivity contribution is -0.139. The largest absolute Gasteiger partial charge is 0.342 e. The van der Waals surface area contributed by atoms with Gasteiger partial charge in [-0.3, -0.25) is 9.59 Å². The van der Waals surface area contributed by atoms with Gasteiger partial charge in [-0.25, -0.2) is 4.79 Å². The third kappa shape index (κ3) is 4.54. The maximum atomic E-state index is 12.9. The van der Waals surface area contributed by atoms with Gasteiger partial charge in [-0.05, 0) is 44.2 Å². The van der Waals surface area contributed by atoms with Crippen molar-refractivity contribution in [1.82, 2.24) is 14.7 Å². The Labute approximate surface area is 172 Å². The van der Waals surface area contributed by atoms with Crippen molar-refractivity contribution >= 4 is 23.5 Å². The average molecular weight is 399 g/mol. The number of likely N-dealkylation sites (tertiary alicyclic amines) is 3. The molecule has 3 heterocycles. The van der Waals surface area contributed by atoms with Crippen molar-refractivity contribution < 1.29 is 14.4 Å². The number of rotatable bonds is 3. The Kier molecular flexibility index (Phi) is 6.02. The van der Waals surface area contributed by atoms with Crippen LogP contribution in [0.2, 0.25) is 0 Å². The molecule has 7 heteroatoms. The van der Waals surface area contributed by atoms with E-state index < -0.39 is 0 Å². The zero-order valence-electron chi connectivity index (χ0n) is 16.9. The van der Waals surface area contributed by atoms with Crippen LogP contribution >= 0.6 is 0 Å². The predicted octanol–water partition coefficient (Wildman–Crippen LogP) is 2.54. The number of urea groups is 1. The van der Waals surface area contributed by atoms with Crippen LogP contribution in [-0.2, 0) is 9.59 Å². The molecular weight excluding hydrogens is 368 g/mol. The lowest BCUT2D eigenvalue weighted by Crippen LogP contribution is -2.50. The van der Waals surface area contributed by atoms with Crippen molar-refractivity contribution in [2.24, 2.45) is 5.92 Å². The molecule has 7 nitrogen and oxygen atoms in total. The second-order valence-corrected chi connectivity index (χ2v) is 8.30. The summed E-state index contributed by atoms with van der Waals surface area (Å²) in [5.74, 6) is 0.496. The number of anilines is 1. The maximum absolute atomic E-state index is 12.9. The summed E-state index contributed by atoms with van der Waals surface area (Å²) in [4.78, 5) is 43.1. The zero-order valence-corrected chi connectivity index (χ0v) is 16.9. The number of nitrogens with one attached hydrogen (secondary N) is 1. The van der Waals surface area contributed by atoms with Crippen LogP contribution in [0.3, 0.4) is 0 Å². The number of piperidine rings is 2. The number of carbonyl (C=O) groups excluding carboxylic acids is 3. The third-order valence-corrected chi connectivity index (χ3v) is 6.48. The predicted molar refractivity (Wildman–Crippen MR) is 110 cm³/mol. The molecule has 0 unspecified atom stereocenters. The molecule has 0 spiro atoms. The van der Waals surface area contributed by atoms with Gasteiger partial charge in [0.05, 0.1) is 0 Å². The average Bonchev–Trinajstić information content (AvgIpc) is 3.20. The van der Waals surface area contributed by atoms with E-state index in [1.54, 1.807) is 4.90 Å². The third-order valence-electron chi connectivity index (χ3n) is 6.48. The molecule has 0 atom stereocenters. The summed E-state index contributed by atoms with van der Waals surface area (Å²) >= 11 is 0. The normalized spacial score (nSPS) is 21.5. The highest BCUT2D eigenvalue weighted by Crippen LogP contribution is 2.26. The first kappa shape index (κ1) is 19.7. The van der Waals surface area contributed by atoms with E-state index in [4.69, 9.17) is 0 Å². The van der Waals surface area contributed by atoms with Gasteiger partial charge in [0.1, 0.15) is 0 Å². The number of amides is 4. The van der Waals surface area contributed by atoms with Gasteiger partial charge in [0.25, 0.3) is 0 Å². The second-order valence-electron chi connectivity index (χ2n) is 8.30. The van der Waals surface area contributed by atoms with Gasteiger partial charge in [-0.15, -0.1) is 0 Å². The molecule has 0 bridgehead atoms. The smallest absolute Gasteiger partial charge is 0.321 e. The first-order valence-corrected chi connectivity index (χ1v) is 10.8.